The number of carbonyl (C=O) groups is 2. The number of carbonyl (C=O) groups excluding carboxylic acids is 2. The average molecular weight is 339 g/mol. The Balaban J connectivity index is 1.66. The number of likely N-dealkylation sites (N-methyl/N-ethyl adjacent to an activating group) is 1. The van der Waals surface area contributed by atoms with Gasteiger partial charge < -0.3 is 9.80 Å². The van der Waals surface area contributed by atoms with Crippen LogP contribution in [0.1, 0.15) is 43.7 Å². The summed E-state index contributed by atoms with van der Waals surface area (Å²) in [5.74, 6) is 0.766. The van der Waals surface area contributed by atoms with Crippen molar-refractivity contribution in [2.24, 2.45) is 11.8 Å². The van der Waals surface area contributed by atoms with Crippen molar-refractivity contribution < 1.29 is 9.59 Å². The second-order valence-electron chi connectivity index (χ2n) is 7.37. The summed E-state index contributed by atoms with van der Waals surface area (Å²) in [5.41, 5.74) is 1.60. The number of hydrogen-bond donors (Lipinski definition) is 0. The minimum atomic E-state index is -0.322. The molecule has 132 valence electrons. The zero-order valence-corrected chi connectivity index (χ0v) is 14.9. The van der Waals surface area contributed by atoms with Gasteiger partial charge in [-0.25, -0.2) is 0 Å². The molecule has 2 fully saturated rings. The predicted molar refractivity (Wildman–Crippen MR) is 94.3 cm³/mol. The van der Waals surface area contributed by atoms with Crippen LogP contribution in [0.4, 0.5) is 0 Å². The van der Waals surface area contributed by atoms with Crippen molar-refractivity contribution in [3.63, 3.8) is 0 Å². The van der Waals surface area contributed by atoms with Crippen LogP contribution in [0.15, 0.2) is 24.3 Å². The molecule has 1 aromatic carbocycles. The Hall–Kier alpha value is -2.35. The van der Waals surface area contributed by atoms with Gasteiger partial charge in [0.2, 0.25) is 11.8 Å². The average Bonchev–Trinajstić information content (AvgIpc) is 3.37. The van der Waals surface area contributed by atoms with E-state index in [-0.39, 0.29) is 23.8 Å². The number of likely N-dealkylation sites (tertiary alicyclic amines) is 1. The van der Waals surface area contributed by atoms with Crippen LogP contribution in [0, 0.1) is 23.2 Å². The zero-order valence-electron chi connectivity index (χ0n) is 14.9. The van der Waals surface area contributed by atoms with Crippen LogP contribution in [-0.4, -0.2) is 41.2 Å². The molecule has 25 heavy (non-hydrogen) atoms. The van der Waals surface area contributed by atoms with Crippen LogP contribution in [0.25, 0.3) is 0 Å². The molecular weight excluding hydrogens is 314 g/mol. The highest BCUT2D eigenvalue weighted by molar-refractivity contribution is 5.89. The van der Waals surface area contributed by atoms with Gasteiger partial charge in [0.1, 0.15) is 6.04 Å². The summed E-state index contributed by atoms with van der Waals surface area (Å²) in [6.45, 7) is 3.28. The molecule has 3 atom stereocenters. The predicted octanol–water partition coefficient (Wildman–Crippen LogP) is 2.55. The van der Waals surface area contributed by atoms with Crippen molar-refractivity contribution in [1.29, 1.82) is 5.26 Å². The molecule has 1 aromatic rings. The lowest BCUT2D eigenvalue weighted by molar-refractivity contribution is -0.148. The second kappa shape index (κ2) is 7.26. The van der Waals surface area contributed by atoms with Crippen LogP contribution in [0.2, 0.25) is 0 Å². The number of rotatable bonds is 4. The highest BCUT2D eigenvalue weighted by atomic mass is 16.2. The lowest BCUT2D eigenvalue weighted by atomic mass is 9.99. The topological polar surface area (TPSA) is 64.4 Å². The third kappa shape index (κ3) is 3.84. The molecule has 5 nitrogen and oxygen atoms in total. The Bertz CT molecular complexity index is 692. The van der Waals surface area contributed by atoms with Crippen LogP contribution in [0.5, 0.6) is 0 Å². The van der Waals surface area contributed by atoms with E-state index in [1.807, 2.05) is 17.0 Å². The SMILES string of the molecule is CC1CC1C(=O)N1CCCCC1C(=O)N(C)Cc1ccc(C#N)cc1. The minimum absolute atomic E-state index is 0.0192. The summed E-state index contributed by atoms with van der Waals surface area (Å²) >= 11 is 0. The highest BCUT2D eigenvalue weighted by Gasteiger charge is 2.45. The van der Waals surface area contributed by atoms with E-state index < -0.39 is 0 Å². The molecule has 1 aliphatic carbocycles. The maximum Gasteiger partial charge on any atom is 0.245 e. The molecule has 2 amide bonds. The first-order valence-corrected chi connectivity index (χ1v) is 9.05. The van der Waals surface area contributed by atoms with Gasteiger partial charge in [0.05, 0.1) is 11.6 Å². The van der Waals surface area contributed by atoms with Gasteiger partial charge in [0, 0.05) is 26.1 Å². The molecule has 0 radical (unpaired) electrons. The van der Waals surface area contributed by atoms with E-state index in [9.17, 15) is 9.59 Å². The lowest BCUT2D eigenvalue weighted by Crippen LogP contribution is -2.52. The molecule has 1 saturated heterocycles. The third-order valence-electron chi connectivity index (χ3n) is 5.38. The number of nitriles is 1. The van der Waals surface area contributed by atoms with Gasteiger partial charge in [-0.15, -0.1) is 0 Å². The maximum absolute atomic E-state index is 12.9. The van der Waals surface area contributed by atoms with E-state index in [0.717, 1.165) is 31.2 Å². The third-order valence-corrected chi connectivity index (χ3v) is 5.38. The van der Waals surface area contributed by atoms with Gasteiger partial charge in [0.15, 0.2) is 0 Å². The molecule has 0 bridgehead atoms. The first-order chi connectivity index (χ1) is 12.0. The van der Waals surface area contributed by atoms with Crippen LogP contribution < -0.4 is 0 Å². The number of amides is 2. The maximum atomic E-state index is 12.9. The van der Waals surface area contributed by atoms with Crippen molar-refractivity contribution in [3.05, 3.63) is 35.4 Å². The van der Waals surface area contributed by atoms with Crippen LogP contribution in [0.3, 0.4) is 0 Å². The van der Waals surface area contributed by atoms with Gasteiger partial charge in [0.25, 0.3) is 0 Å². The molecule has 0 N–H and O–H groups in total. The smallest absolute Gasteiger partial charge is 0.245 e. The van der Waals surface area contributed by atoms with Crippen molar-refractivity contribution in [2.45, 2.75) is 45.2 Å². The Morgan fingerprint density at radius 3 is 2.56 bits per heavy atom. The largest absolute Gasteiger partial charge is 0.340 e. The van der Waals surface area contributed by atoms with E-state index in [0.29, 0.717) is 24.6 Å². The molecule has 5 heteroatoms. The molecule has 2 aliphatic rings. The quantitative estimate of drug-likeness (QED) is 0.847. The second-order valence-corrected chi connectivity index (χ2v) is 7.37. The van der Waals surface area contributed by atoms with E-state index in [4.69, 9.17) is 5.26 Å². The summed E-state index contributed by atoms with van der Waals surface area (Å²) in [5, 5.41) is 8.87. The van der Waals surface area contributed by atoms with E-state index in [1.165, 1.54) is 0 Å². The van der Waals surface area contributed by atoms with Crippen LogP contribution in [-0.2, 0) is 16.1 Å². The number of benzene rings is 1. The highest BCUT2D eigenvalue weighted by Crippen LogP contribution is 2.40. The molecule has 1 aliphatic heterocycles. The molecule has 3 unspecified atom stereocenters. The Labute approximate surface area is 149 Å². The summed E-state index contributed by atoms with van der Waals surface area (Å²) in [4.78, 5) is 29.1. The van der Waals surface area contributed by atoms with Gasteiger partial charge in [-0.3, -0.25) is 9.59 Å². The number of piperidine rings is 1. The van der Waals surface area contributed by atoms with Crippen molar-refractivity contribution in [3.8, 4) is 6.07 Å². The van der Waals surface area contributed by atoms with E-state index >= 15 is 0 Å². The Morgan fingerprint density at radius 2 is 1.96 bits per heavy atom. The van der Waals surface area contributed by atoms with Gasteiger partial charge in [-0.2, -0.15) is 5.26 Å². The monoisotopic (exact) mass is 339 g/mol. The standard InChI is InChI=1S/C20H25N3O2/c1-14-11-17(14)19(24)23-10-4-3-5-18(23)20(25)22(2)13-16-8-6-15(12-21)7-9-16/h6-9,14,17-18H,3-5,10-11,13H2,1-2H3. The molecule has 1 heterocycles. The first-order valence-electron chi connectivity index (χ1n) is 9.05. The minimum Gasteiger partial charge on any atom is -0.340 e. The summed E-state index contributed by atoms with van der Waals surface area (Å²) in [6, 6.07) is 9.04. The number of nitrogens with zero attached hydrogens (tertiary/aromatic N) is 3. The van der Waals surface area contributed by atoms with Gasteiger partial charge in [-0.05, 0) is 49.3 Å². The molecule has 0 aromatic heterocycles. The van der Waals surface area contributed by atoms with Crippen molar-refractivity contribution in [2.75, 3.05) is 13.6 Å². The fourth-order valence-corrected chi connectivity index (χ4v) is 3.62. The van der Waals surface area contributed by atoms with E-state index in [1.54, 1.807) is 24.1 Å². The normalized spacial score (nSPS) is 25.2. The van der Waals surface area contributed by atoms with Crippen molar-refractivity contribution >= 4 is 11.8 Å². The molecule has 3 rings (SSSR count). The summed E-state index contributed by atoms with van der Waals surface area (Å²) in [7, 11) is 1.79. The Kier molecular flexibility index (Phi) is 5.08. The van der Waals surface area contributed by atoms with Crippen LogP contribution >= 0.6 is 0 Å². The zero-order chi connectivity index (χ0) is 18.0. The molecular formula is C20H25N3O2. The summed E-state index contributed by atoms with van der Waals surface area (Å²) in [6.07, 6.45) is 3.68. The number of hydrogen-bond acceptors (Lipinski definition) is 3. The fraction of sp³-hybridized carbons (Fsp3) is 0.550. The summed E-state index contributed by atoms with van der Waals surface area (Å²) < 4.78 is 0. The van der Waals surface area contributed by atoms with E-state index in [2.05, 4.69) is 13.0 Å². The first kappa shape index (κ1) is 17.5. The molecule has 1 saturated carbocycles. The fourth-order valence-electron chi connectivity index (χ4n) is 3.62. The Morgan fingerprint density at radius 1 is 1.28 bits per heavy atom. The van der Waals surface area contributed by atoms with Gasteiger partial charge >= 0.3 is 0 Å². The van der Waals surface area contributed by atoms with Gasteiger partial charge in [-0.1, -0.05) is 19.1 Å². The molecule has 0 spiro atoms. The van der Waals surface area contributed by atoms with Crippen molar-refractivity contribution in [1.82, 2.24) is 9.80 Å². The lowest BCUT2D eigenvalue weighted by Gasteiger charge is -2.37.